The summed E-state index contributed by atoms with van der Waals surface area (Å²) in [7, 11) is 0. The van der Waals surface area contributed by atoms with Gasteiger partial charge in [-0.25, -0.2) is 0 Å². The highest BCUT2D eigenvalue weighted by Crippen LogP contribution is 2.15. The molecular weight excluding hydrogens is 252 g/mol. The number of esters is 1. The Hall–Kier alpha value is -2.29. The Bertz CT molecular complexity index is 546. The normalized spacial score (nSPS) is 11.8. The zero-order valence-corrected chi connectivity index (χ0v) is 11.5. The second-order valence-corrected chi connectivity index (χ2v) is 4.86. The van der Waals surface area contributed by atoms with Crippen LogP contribution in [-0.2, 0) is 22.6 Å². The first-order chi connectivity index (χ1) is 9.65. The first-order valence-corrected chi connectivity index (χ1v) is 6.63. The van der Waals surface area contributed by atoms with Crippen LogP contribution in [0.25, 0.3) is 0 Å². The van der Waals surface area contributed by atoms with Crippen LogP contribution in [0.3, 0.4) is 0 Å². The molecule has 0 aromatic heterocycles. The summed E-state index contributed by atoms with van der Waals surface area (Å²) in [5.41, 5.74) is 1.99. The molecule has 1 N–H and O–H groups in total. The van der Waals surface area contributed by atoms with Crippen molar-refractivity contribution in [2.75, 3.05) is 0 Å². The minimum atomic E-state index is -0.207. The van der Waals surface area contributed by atoms with Crippen LogP contribution in [0.1, 0.15) is 18.1 Å². The summed E-state index contributed by atoms with van der Waals surface area (Å²) in [6.45, 7) is 2.15. The van der Waals surface area contributed by atoms with Gasteiger partial charge in [-0.3, -0.25) is 4.79 Å². The second kappa shape index (κ2) is 6.75. The molecule has 1 atom stereocenters. The molecule has 0 saturated carbocycles. The van der Waals surface area contributed by atoms with Gasteiger partial charge in [-0.2, -0.15) is 0 Å². The third-order valence-electron chi connectivity index (χ3n) is 3.10. The van der Waals surface area contributed by atoms with Crippen LogP contribution in [0.4, 0.5) is 0 Å². The standard InChI is InChI=1S/C17H18O3/c1-13(11-14-7-9-16(18)10-8-14)17(19)20-12-15-5-3-2-4-6-15/h2-10,13,18H,11-12H2,1H3. The van der Waals surface area contributed by atoms with E-state index in [9.17, 15) is 9.90 Å². The number of rotatable bonds is 5. The molecule has 2 aromatic rings. The highest BCUT2D eigenvalue weighted by molar-refractivity contribution is 5.72. The van der Waals surface area contributed by atoms with E-state index in [0.717, 1.165) is 11.1 Å². The maximum atomic E-state index is 11.9. The van der Waals surface area contributed by atoms with E-state index in [2.05, 4.69) is 0 Å². The lowest BCUT2D eigenvalue weighted by molar-refractivity contribution is -0.149. The Kier molecular flexibility index (Phi) is 4.77. The molecule has 2 aromatic carbocycles. The number of benzene rings is 2. The molecule has 0 fully saturated rings. The number of hydrogen-bond acceptors (Lipinski definition) is 3. The average molecular weight is 270 g/mol. The Morgan fingerprint density at radius 2 is 1.70 bits per heavy atom. The monoisotopic (exact) mass is 270 g/mol. The van der Waals surface area contributed by atoms with E-state index in [0.29, 0.717) is 13.0 Å². The van der Waals surface area contributed by atoms with Gasteiger partial charge in [-0.1, -0.05) is 49.4 Å². The van der Waals surface area contributed by atoms with Gasteiger partial charge in [-0.15, -0.1) is 0 Å². The van der Waals surface area contributed by atoms with E-state index < -0.39 is 0 Å². The third kappa shape index (κ3) is 4.12. The molecule has 0 aliphatic carbocycles. The summed E-state index contributed by atoms with van der Waals surface area (Å²) in [6, 6.07) is 16.5. The molecule has 0 saturated heterocycles. The van der Waals surface area contributed by atoms with E-state index in [1.165, 1.54) is 0 Å². The van der Waals surface area contributed by atoms with Crippen LogP contribution in [0, 0.1) is 5.92 Å². The topological polar surface area (TPSA) is 46.5 Å². The predicted octanol–water partition coefficient (Wildman–Crippen LogP) is 3.31. The fourth-order valence-corrected chi connectivity index (χ4v) is 1.94. The Labute approximate surface area is 118 Å². The zero-order chi connectivity index (χ0) is 14.4. The van der Waals surface area contributed by atoms with E-state index in [1.807, 2.05) is 49.4 Å². The van der Waals surface area contributed by atoms with Gasteiger partial charge in [0.15, 0.2) is 0 Å². The van der Waals surface area contributed by atoms with Gasteiger partial charge in [0.1, 0.15) is 12.4 Å². The van der Waals surface area contributed by atoms with Gasteiger partial charge < -0.3 is 9.84 Å². The predicted molar refractivity (Wildman–Crippen MR) is 77.2 cm³/mol. The van der Waals surface area contributed by atoms with Gasteiger partial charge in [0.25, 0.3) is 0 Å². The summed E-state index contributed by atoms with van der Waals surface area (Å²) in [5.74, 6) is -0.182. The van der Waals surface area contributed by atoms with Crippen LogP contribution >= 0.6 is 0 Å². The lowest BCUT2D eigenvalue weighted by atomic mass is 10.0. The van der Waals surface area contributed by atoms with Crippen molar-refractivity contribution >= 4 is 5.97 Å². The first kappa shape index (κ1) is 14.1. The molecule has 0 aliphatic heterocycles. The van der Waals surface area contributed by atoms with E-state index >= 15 is 0 Å². The molecule has 1 unspecified atom stereocenters. The number of hydrogen-bond donors (Lipinski definition) is 1. The van der Waals surface area contributed by atoms with Crippen molar-refractivity contribution in [3.8, 4) is 5.75 Å². The van der Waals surface area contributed by atoms with Crippen molar-refractivity contribution in [2.45, 2.75) is 20.0 Å². The maximum absolute atomic E-state index is 11.9. The first-order valence-electron chi connectivity index (χ1n) is 6.63. The summed E-state index contributed by atoms with van der Waals surface area (Å²) in [4.78, 5) is 11.9. The van der Waals surface area contributed by atoms with Gasteiger partial charge in [0.05, 0.1) is 5.92 Å². The fraction of sp³-hybridized carbons (Fsp3) is 0.235. The van der Waals surface area contributed by atoms with Crippen LogP contribution in [0.2, 0.25) is 0 Å². The van der Waals surface area contributed by atoms with Crippen LogP contribution < -0.4 is 0 Å². The molecule has 0 radical (unpaired) electrons. The molecule has 0 bridgehead atoms. The number of carbonyl (C=O) groups is 1. The third-order valence-corrected chi connectivity index (χ3v) is 3.10. The molecule has 3 nitrogen and oxygen atoms in total. The fourth-order valence-electron chi connectivity index (χ4n) is 1.94. The van der Waals surface area contributed by atoms with Crippen molar-refractivity contribution in [1.29, 1.82) is 0 Å². The molecule has 0 amide bonds. The molecule has 20 heavy (non-hydrogen) atoms. The van der Waals surface area contributed by atoms with Gasteiger partial charge in [-0.05, 0) is 29.7 Å². The number of phenolic OH excluding ortho intramolecular Hbond substituents is 1. The molecular formula is C17H18O3. The van der Waals surface area contributed by atoms with Gasteiger partial charge in [0.2, 0.25) is 0 Å². The highest BCUT2D eigenvalue weighted by Gasteiger charge is 2.15. The van der Waals surface area contributed by atoms with Crippen molar-refractivity contribution in [2.24, 2.45) is 5.92 Å². The lowest BCUT2D eigenvalue weighted by Gasteiger charge is -2.11. The van der Waals surface area contributed by atoms with Gasteiger partial charge >= 0.3 is 5.97 Å². The number of phenols is 1. The molecule has 0 aliphatic rings. The summed E-state index contributed by atoms with van der Waals surface area (Å²) in [6.07, 6.45) is 0.605. The van der Waals surface area contributed by atoms with Crippen LogP contribution in [0.15, 0.2) is 54.6 Å². The molecule has 0 spiro atoms. The minimum absolute atomic E-state index is 0.205. The smallest absolute Gasteiger partial charge is 0.309 e. The SMILES string of the molecule is CC(Cc1ccc(O)cc1)C(=O)OCc1ccccc1. The van der Waals surface area contributed by atoms with Gasteiger partial charge in [0, 0.05) is 0 Å². The van der Waals surface area contributed by atoms with E-state index in [1.54, 1.807) is 12.1 Å². The Balaban J connectivity index is 1.84. The lowest BCUT2D eigenvalue weighted by Crippen LogP contribution is -2.16. The summed E-state index contributed by atoms with van der Waals surface area (Å²) < 4.78 is 5.30. The number of ether oxygens (including phenoxy) is 1. The molecule has 2 rings (SSSR count). The minimum Gasteiger partial charge on any atom is -0.508 e. The number of aromatic hydroxyl groups is 1. The highest BCUT2D eigenvalue weighted by atomic mass is 16.5. The average Bonchev–Trinajstić information content (AvgIpc) is 2.48. The van der Waals surface area contributed by atoms with Crippen molar-refractivity contribution < 1.29 is 14.6 Å². The zero-order valence-electron chi connectivity index (χ0n) is 11.5. The largest absolute Gasteiger partial charge is 0.508 e. The molecule has 0 heterocycles. The molecule has 3 heteroatoms. The molecule has 104 valence electrons. The quantitative estimate of drug-likeness (QED) is 0.848. The van der Waals surface area contributed by atoms with Crippen molar-refractivity contribution in [3.05, 3.63) is 65.7 Å². The van der Waals surface area contributed by atoms with Crippen molar-refractivity contribution in [3.63, 3.8) is 0 Å². The Morgan fingerprint density at radius 1 is 1.05 bits per heavy atom. The van der Waals surface area contributed by atoms with E-state index in [-0.39, 0.29) is 17.6 Å². The number of carbonyl (C=O) groups excluding carboxylic acids is 1. The van der Waals surface area contributed by atoms with E-state index in [4.69, 9.17) is 4.74 Å². The summed E-state index contributed by atoms with van der Waals surface area (Å²) in [5, 5.41) is 9.22. The van der Waals surface area contributed by atoms with Crippen LogP contribution in [-0.4, -0.2) is 11.1 Å². The van der Waals surface area contributed by atoms with Crippen molar-refractivity contribution in [1.82, 2.24) is 0 Å². The maximum Gasteiger partial charge on any atom is 0.309 e. The van der Waals surface area contributed by atoms with Crippen LogP contribution in [0.5, 0.6) is 5.75 Å². The Morgan fingerprint density at radius 3 is 2.35 bits per heavy atom. The second-order valence-electron chi connectivity index (χ2n) is 4.86. The summed E-state index contributed by atoms with van der Waals surface area (Å²) >= 11 is 0.